The molecule has 0 unspecified atom stereocenters. The summed E-state index contributed by atoms with van der Waals surface area (Å²) < 4.78 is 16.5. The number of hydrogen-bond donors (Lipinski definition) is 1. The number of allylic oxidation sites excluding steroid dienone is 1. The van der Waals surface area contributed by atoms with Gasteiger partial charge in [0, 0.05) is 23.7 Å². The molecule has 0 aromatic carbocycles. The highest BCUT2D eigenvalue weighted by Crippen LogP contribution is 2.48. The van der Waals surface area contributed by atoms with E-state index in [0.717, 1.165) is 5.57 Å². The molecule has 1 aliphatic carbocycles. The minimum absolute atomic E-state index is 0.321. The molecule has 0 spiro atoms. The minimum Gasteiger partial charge on any atom is -0.464 e. The van der Waals surface area contributed by atoms with E-state index >= 15 is 0 Å². The number of aliphatic hydroxyl groups excluding tert-OH is 1. The van der Waals surface area contributed by atoms with Gasteiger partial charge in [0.2, 0.25) is 0 Å². The van der Waals surface area contributed by atoms with Crippen molar-refractivity contribution in [2.45, 2.75) is 33.0 Å². The van der Waals surface area contributed by atoms with Gasteiger partial charge in [0.05, 0.1) is 11.8 Å². The molecule has 1 aromatic heterocycles. The molecule has 21 heavy (non-hydrogen) atoms. The Labute approximate surface area is 122 Å². The van der Waals surface area contributed by atoms with Gasteiger partial charge in [-0.2, -0.15) is 0 Å². The van der Waals surface area contributed by atoms with Crippen LogP contribution in [-0.4, -0.2) is 17.8 Å². The lowest BCUT2D eigenvalue weighted by Crippen LogP contribution is -2.36. The van der Waals surface area contributed by atoms with Gasteiger partial charge >= 0.3 is 5.63 Å². The van der Waals surface area contributed by atoms with Crippen LogP contribution < -0.4 is 5.63 Å². The summed E-state index contributed by atoms with van der Waals surface area (Å²) in [7, 11) is 0. The van der Waals surface area contributed by atoms with E-state index in [1.165, 1.54) is 6.07 Å². The predicted octanol–water partition coefficient (Wildman–Crippen LogP) is 2.37. The maximum Gasteiger partial charge on any atom is 0.335 e. The second kappa shape index (κ2) is 4.86. The molecule has 2 aliphatic rings. The molecular weight excluding hydrogens is 272 g/mol. The monoisotopic (exact) mass is 290 g/mol. The smallest absolute Gasteiger partial charge is 0.335 e. The zero-order chi connectivity index (χ0) is 15.2. The first-order valence-electron chi connectivity index (χ1n) is 6.99. The highest BCUT2D eigenvalue weighted by atomic mass is 16.5. The summed E-state index contributed by atoms with van der Waals surface area (Å²) >= 11 is 0. The Kier molecular flexibility index (Phi) is 3.26. The number of aliphatic hydroxyl groups is 1. The molecule has 1 aliphatic heterocycles. The van der Waals surface area contributed by atoms with Crippen LogP contribution in [0.2, 0.25) is 0 Å². The molecule has 0 amide bonds. The Morgan fingerprint density at radius 2 is 2.14 bits per heavy atom. The second-order valence-electron chi connectivity index (χ2n) is 5.74. The molecule has 0 saturated carbocycles. The maximum absolute atomic E-state index is 11.5. The summed E-state index contributed by atoms with van der Waals surface area (Å²) in [6.07, 6.45) is 1.87. The second-order valence-corrected chi connectivity index (χ2v) is 5.74. The Morgan fingerprint density at radius 3 is 2.86 bits per heavy atom. The quantitative estimate of drug-likeness (QED) is 0.905. The molecule has 112 valence electrons. The summed E-state index contributed by atoms with van der Waals surface area (Å²) in [4.78, 5) is 11.5. The molecule has 0 fully saturated rings. The van der Waals surface area contributed by atoms with Crippen LogP contribution in [0.5, 0.6) is 0 Å². The molecule has 5 nitrogen and oxygen atoms in total. The fourth-order valence-corrected chi connectivity index (χ4v) is 2.91. The average Bonchev–Trinajstić information content (AvgIpc) is 2.42. The standard InChI is InChI=1S/C16H18O5/c1-4-19-15-12(18)11-13(20-8-7-16(11,2)3)9-5-6-10(17)21-14(9)15/h5-8,12,15,18H,4H2,1-3H3/t12-,15-/m0/s1. The van der Waals surface area contributed by atoms with Crippen LogP contribution >= 0.6 is 0 Å². The molecule has 1 N–H and O–H groups in total. The van der Waals surface area contributed by atoms with E-state index in [2.05, 4.69) is 0 Å². The van der Waals surface area contributed by atoms with E-state index in [4.69, 9.17) is 13.9 Å². The van der Waals surface area contributed by atoms with Crippen LogP contribution in [-0.2, 0) is 9.47 Å². The van der Waals surface area contributed by atoms with Gasteiger partial charge in [0.1, 0.15) is 18.0 Å². The average molecular weight is 290 g/mol. The van der Waals surface area contributed by atoms with Gasteiger partial charge < -0.3 is 19.0 Å². The van der Waals surface area contributed by atoms with Crippen molar-refractivity contribution in [3.05, 3.63) is 51.8 Å². The van der Waals surface area contributed by atoms with Gasteiger partial charge in [-0.15, -0.1) is 0 Å². The van der Waals surface area contributed by atoms with Crippen molar-refractivity contribution in [1.29, 1.82) is 0 Å². The van der Waals surface area contributed by atoms with Gasteiger partial charge in [-0.05, 0) is 19.1 Å². The van der Waals surface area contributed by atoms with E-state index < -0.39 is 17.8 Å². The van der Waals surface area contributed by atoms with Crippen LogP contribution in [0.25, 0.3) is 5.76 Å². The highest BCUT2D eigenvalue weighted by molar-refractivity contribution is 5.71. The van der Waals surface area contributed by atoms with Gasteiger partial charge in [-0.3, -0.25) is 0 Å². The molecule has 1 aromatic rings. The number of fused-ring (bicyclic) bond motifs is 2. The third-order valence-corrected chi connectivity index (χ3v) is 3.90. The lowest BCUT2D eigenvalue weighted by molar-refractivity contribution is -0.0404. The molecule has 3 rings (SSSR count). The van der Waals surface area contributed by atoms with Crippen molar-refractivity contribution in [2.75, 3.05) is 6.61 Å². The van der Waals surface area contributed by atoms with Gasteiger partial charge in [-0.1, -0.05) is 13.8 Å². The van der Waals surface area contributed by atoms with Crippen LogP contribution in [0.4, 0.5) is 0 Å². The van der Waals surface area contributed by atoms with Crippen molar-refractivity contribution >= 4 is 5.76 Å². The van der Waals surface area contributed by atoms with Gasteiger partial charge in [0.25, 0.3) is 0 Å². The van der Waals surface area contributed by atoms with Crippen molar-refractivity contribution < 1.29 is 19.0 Å². The first-order chi connectivity index (χ1) is 9.95. The van der Waals surface area contributed by atoms with Crippen LogP contribution in [0.1, 0.15) is 38.2 Å². The topological polar surface area (TPSA) is 68.9 Å². The number of ether oxygens (including phenoxy) is 2. The molecule has 0 radical (unpaired) electrons. The van der Waals surface area contributed by atoms with Crippen molar-refractivity contribution in [1.82, 2.24) is 0 Å². The van der Waals surface area contributed by atoms with Crippen molar-refractivity contribution in [3.63, 3.8) is 0 Å². The summed E-state index contributed by atoms with van der Waals surface area (Å²) in [5, 5.41) is 10.7. The summed E-state index contributed by atoms with van der Waals surface area (Å²) in [6, 6.07) is 3.00. The highest BCUT2D eigenvalue weighted by Gasteiger charge is 2.44. The van der Waals surface area contributed by atoms with E-state index in [0.29, 0.717) is 23.7 Å². The molecular formula is C16H18O5. The van der Waals surface area contributed by atoms with Gasteiger partial charge in [0.15, 0.2) is 5.76 Å². The lowest BCUT2D eigenvalue weighted by Gasteiger charge is -2.39. The molecule has 5 heteroatoms. The fourth-order valence-electron chi connectivity index (χ4n) is 2.91. The Balaban J connectivity index is 2.25. The predicted molar refractivity (Wildman–Crippen MR) is 76.3 cm³/mol. The van der Waals surface area contributed by atoms with E-state index in [9.17, 15) is 9.90 Å². The molecule has 2 heterocycles. The maximum atomic E-state index is 11.5. The first-order valence-corrected chi connectivity index (χ1v) is 6.99. The Hall–Kier alpha value is -1.85. The molecule has 2 atom stereocenters. The van der Waals surface area contributed by atoms with Crippen LogP contribution in [0, 0.1) is 5.41 Å². The summed E-state index contributed by atoms with van der Waals surface area (Å²) in [5.74, 6) is 0.867. The Bertz CT molecular complexity index is 680. The fraction of sp³-hybridized carbons (Fsp3) is 0.438. The van der Waals surface area contributed by atoms with E-state index in [-0.39, 0.29) is 5.41 Å². The number of rotatable bonds is 2. The minimum atomic E-state index is -0.919. The number of hydrogen-bond acceptors (Lipinski definition) is 5. The van der Waals surface area contributed by atoms with E-state index in [1.54, 1.807) is 12.3 Å². The van der Waals surface area contributed by atoms with E-state index in [1.807, 2.05) is 26.8 Å². The Morgan fingerprint density at radius 1 is 1.38 bits per heavy atom. The third-order valence-electron chi connectivity index (χ3n) is 3.90. The normalized spacial score (nSPS) is 26.1. The van der Waals surface area contributed by atoms with Gasteiger partial charge in [-0.25, -0.2) is 4.79 Å². The summed E-state index contributed by atoms with van der Waals surface area (Å²) in [5.41, 5.74) is 0.562. The zero-order valence-electron chi connectivity index (χ0n) is 12.3. The zero-order valence-corrected chi connectivity index (χ0v) is 12.3. The first kappa shape index (κ1) is 14.1. The van der Waals surface area contributed by atoms with Crippen LogP contribution in [0.15, 0.2) is 39.3 Å². The third kappa shape index (κ3) is 2.13. The largest absolute Gasteiger partial charge is 0.464 e. The molecule has 0 saturated heterocycles. The lowest BCUT2D eigenvalue weighted by atomic mass is 9.74. The van der Waals surface area contributed by atoms with Crippen LogP contribution in [0.3, 0.4) is 0 Å². The SMILES string of the molecule is CCO[C@@H]1c2oc(=O)ccc2C2=C([C@@H]1O)C(C)(C)C=CO2. The molecule has 0 bridgehead atoms. The van der Waals surface area contributed by atoms with Crippen molar-refractivity contribution in [2.24, 2.45) is 5.41 Å². The summed E-state index contributed by atoms with van der Waals surface area (Å²) in [6.45, 7) is 6.23. The van der Waals surface area contributed by atoms with Crippen molar-refractivity contribution in [3.8, 4) is 0 Å².